The molecule has 19 heavy (non-hydrogen) atoms. The van der Waals surface area contributed by atoms with Crippen molar-refractivity contribution in [3.63, 3.8) is 0 Å². The zero-order valence-electron chi connectivity index (χ0n) is 11.3. The third-order valence-corrected chi connectivity index (χ3v) is 3.21. The summed E-state index contributed by atoms with van der Waals surface area (Å²) in [5, 5.41) is 12.0. The Kier molecular flexibility index (Phi) is 5.98. The summed E-state index contributed by atoms with van der Waals surface area (Å²) in [5.41, 5.74) is 1.11. The van der Waals surface area contributed by atoms with E-state index in [1.165, 1.54) is 0 Å². The lowest BCUT2D eigenvalue weighted by Crippen LogP contribution is -2.15. The summed E-state index contributed by atoms with van der Waals surface area (Å²) in [6, 6.07) is 8.07. The van der Waals surface area contributed by atoms with Gasteiger partial charge in [-0.3, -0.25) is 0 Å². The van der Waals surface area contributed by atoms with Crippen LogP contribution in [-0.2, 0) is 4.74 Å². The van der Waals surface area contributed by atoms with E-state index < -0.39 is 0 Å². The van der Waals surface area contributed by atoms with Crippen molar-refractivity contribution in [1.82, 2.24) is 0 Å². The molecule has 0 aliphatic carbocycles. The fourth-order valence-electron chi connectivity index (χ4n) is 2.10. The highest BCUT2D eigenvalue weighted by Gasteiger charge is 2.16. The maximum Gasteiger partial charge on any atom is 0.124 e. The second kappa shape index (κ2) is 8.02. The predicted molar refractivity (Wildman–Crippen MR) is 75.7 cm³/mol. The molecule has 0 spiro atoms. The summed E-state index contributed by atoms with van der Waals surface area (Å²) in [6.45, 7) is 2.73. The van der Waals surface area contributed by atoms with Gasteiger partial charge in [-0.25, -0.2) is 0 Å². The first-order valence-corrected chi connectivity index (χ1v) is 7.07. The lowest BCUT2D eigenvalue weighted by molar-refractivity contribution is 0.141. The molecule has 0 saturated carbocycles. The Morgan fingerprint density at radius 3 is 2.74 bits per heavy atom. The van der Waals surface area contributed by atoms with E-state index in [0.717, 1.165) is 50.3 Å². The largest absolute Gasteiger partial charge is 0.488 e. The van der Waals surface area contributed by atoms with Crippen molar-refractivity contribution in [3.05, 3.63) is 24.3 Å². The molecule has 1 fully saturated rings. The fourth-order valence-corrected chi connectivity index (χ4v) is 2.10. The van der Waals surface area contributed by atoms with Crippen LogP contribution >= 0.6 is 0 Å². The molecule has 1 heterocycles. The van der Waals surface area contributed by atoms with Gasteiger partial charge in [0.05, 0.1) is 13.2 Å². The van der Waals surface area contributed by atoms with Gasteiger partial charge in [0.1, 0.15) is 11.9 Å². The van der Waals surface area contributed by atoms with Crippen molar-refractivity contribution in [2.24, 2.45) is 0 Å². The van der Waals surface area contributed by atoms with E-state index in [2.05, 4.69) is 5.32 Å². The van der Waals surface area contributed by atoms with Gasteiger partial charge < -0.3 is 19.9 Å². The standard InChI is InChI=1S/C15H23NO3/c17-10-3-1-2-9-16-13-4-6-14(7-5-13)19-15-8-11-18-12-15/h4-7,15-17H,1-3,8-12H2. The van der Waals surface area contributed by atoms with Gasteiger partial charge in [0.15, 0.2) is 0 Å². The molecule has 2 rings (SSSR count). The van der Waals surface area contributed by atoms with Crippen LogP contribution in [0.2, 0.25) is 0 Å². The molecule has 0 aromatic heterocycles. The van der Waals surface area contributed by atoms with E-state index in [1.54, 1.807) is 0 Å². The van der Waals surface area contributed by atoms with Crippen LogP contribution < -0.4 is 10.1 Å². The van der Waals surface area contributed by atoms with Gasteiger partial charge in [-0.2, -0.15) is 0 Å². The monoisotopic (exact) mass is 265 g/mol. The molecule has 1 aliphatic heterocycles. The summed E-state index contributed by atoms with van der Waals surface area (Å²) in [6.07, 6.45) is 4.21. The van der Waals surface area contributed by atoms with Crippen molar-refractivity contribution in [2.45, 2.75) is 31.8 Å². The number of benzene rings is 1. The molecule has 1 saturated heterocycles. The van der Waals surface area contributed by atoms with E-state index in [1.807, 2.05) is 24.3 Å². The molecule has 1 aliphatic rings. The molecule has 0 amide bonds. The van der Waals surface area contributed by atoms with E-state index in [0.29, 0.717) is 6.61 Å². The van der Waals surface area contributed by atoms with Crippen LogP contribution in [0.4, 0.5) is 5.69 Å². The van der Waals surface area contributed by atoms with Crippen LogP contribution in [0, 0.1) is 0 Å². The molecule has 4 heteroatoms. The van der Waals surface area contributed by atoms with E-state index >= 15 is 0 Å². The number of nitrogens with one attached hydrogen (secondary N) is 1. The number of ether oxygens (including phenoxy) is 2. The Morgan fingerprint density at radius 2 is 2.05 bits per heavy atom. The zero-order chi connectivity index (χ0) is 13.3. The third-order valence-electron chi connectivity index (χ3n) is 3.21. The van der Waals surface area contributed by atoms with Crippen LogP contribution in [0.3, 0.4) is 0 Å². The number of anilines is 1. The molecule has 0 bridgehead atoms. The number of rotatable bonds is 8. The van der Waals surface area contributed by atoms with Crippen LogP contribution in [0.1, 0.15) is 25.7 Å². The first-order valence-electron chi connectivity index (χ1n) is 7.07. The van der Waals surface area contributed by atoms with Gasteiger partial charge in [0, 0.05) is 25.3 Å². The highest BCUT2D eigenvalue weighted by Crippen LogP contribution is 2.19. The van der Waals surface area contributed by atoms with Crippen molar-refractivity contribution >= 4 is 5.69 Å². The lowest BCUT2D eigenvalue weighted by atomic mass is 10.2. The van der Waals surface area contributed by atoms with E-state index in [9.17, 15) is 0 Å². The average molecular weight is 265 g/mol. The molecule has 1 aromatic carbocycles. The normalized spacial score (nSPS) is 18.5. The summed E-state index contributed by atoms with van der Waals surface area (Å²) in [7, 11) is 0. The molecule has 1 unspecified atom stereocenters. The van der Waals surface area contributed by atoms with Gasteiger partial charge in [0.2, 0.25) is 0 Å². The van der Waals surface area contributed by atoms with E-state index in [4.69, 9.17) is 14.6 Å². The number of aliphatic hydroxyl groups is 1. The molecular weight excluding hydrogens is 242 g/mol. The maximum atomic E-state index is 8.69. The predicted octanol–water partition coefficient (Wildman–Crippen LogP) is 2.43. The minimum Gasteiger partial charge on any atom is -0.488 e. The summed E-state index contributed by atoms with van der Waals surface area (Å²) in [4.78, 5) is 0. The molecule has 1 aromatic rings. The summed E-state index contributed by atoms with van der Waals surface area (Å²) < 4.78 is 11.1. The van der Waals surface area contributed by atoms with Crippen LogP contribution in [0.15, 0.2) is 24.3 Å². The number of hydrogen-bond acceptors (Lipinski definition) is 4. The second-order valence-electron chi connectivity index (χ2n) is 4.84. The fraction of sp³-hybridized carbons (Fsp3) is 0.600. The zero-order valence-corrected chi connectivity index (χ0v) is 11.3. The van der Waals surface area contributed by atoms with Crippen molar-refractivity contribution in [1.29, 1.82) is 0 Å². The molecular formula is C15H23NO3. The average Bonchev–Trinajstić information content (AvgIpc) is 2.93. The first-order chi connectivity index (χ1) is 9.38. The van der Waals surface area contributed by atoms with Gasteiger partial charge in [-0.05, 0) is 43.5 Å². The highest BCUT2D eigenvalue weighted by molar-refractivity contribution is 5.46. The molecule has 2 N–H and O–H groups in total. The Bertz CT molecular complexity index is 347. The van der Waals surface area contributed by atoms with Gasteiger partial charge in [-0.1, -0.05) is 0 Å². The summed E-state index contributed by atoms with van der Waals surface area (Å²) >= 11 is 0. The molecule has 0 radical (unpaired) electrons. The molecule has 4 nitrogen and oxygen atoms in total. The molecule has 1 atom stereocenters. The van der Waals surface area contributed by atoms with Crippen LogP contribution in [0.25, 0.3) is 0 Å². The van der Waals surface area contributed by atoms with Crippen molar-refractivity contribution in [3.8, 4) is 5.75 Å². The minimum absolute atomic E-state index is 0.206. The van der Waals surface area contributed by atoms with Crippen LogP contribution in [-0.4, -0.2) is 37.6 Å². The minimum atomic E-state index is 0.206. The lowest BCUT2D eigenvalue weighted by Gasteiger charge is -2.12. The Morgan fingerprint density at radius 1 is 1.21 bits per heavy atom. The topological polar surface area (TPSA) is 50.7 Å². The number of hydrogen-bond donors (Lipinski definition) is 2. The van der Waals surface area contributed by atoms with E-state index in [-0.39, 0.29) is 12.7 Å². The first kappa shape index (κ1) is 14.2. The SMILES string of the molecule is OCCCCCNc1ccc(OC2CCOC2)cc1. The number of unbranched alkanes of at least 4 members (excludes halogenated alkanes) is 2. The third kappa shape index (κ3) is 5.09. The number of aliphatic hydroxyl groups excluding tert-OH is 1. The maximum absolute atomic E-state index is 8.69. The highest BCUT2D eigenvalue weighted by atomic mass is 16.5. The molecule has 106 valence electrons. The quantitative estimate of drug-likeness (QED) is 0.709. The Balaban J connectivity index is 1.68. The van der Waals surface area contributed by atoms with Gasteiger partial charge in [0.25, 0.3) is 0 Å². The second-order valence-corrected chi connectivity index (χ2v) is 4.84. The van der Waals surface area contributed by atoms with Crippen LogP contribution in [0.5, 0.6) is 5.75 Å². The Hall–Kier alpha value is -1.26. The Labute approximate surface area is 114 Å². The summed E-state index contributed by atoms with van der Waals surface area (Å²) in [5.74, 6) is 0.904. The van der Waals surface area contributed by atoms with Gasteiger partial charge in [-0.15, -0.1) is 0 Å². The smallest absolute Gasteiger partial charge is 0.124 e. The van der Waals surface area contributed by atoms with Gasteiger partial charge >= 0.3 is 0 Å². The van der Waals surface area contributed by atoms with Crippen molar-refractivity contribution < 1.29 is 14.6 Å². The van der Waals surface area contributed by atoms with Crippen molar-refractivity contribution in [2.75, 3.05) is 31.7 Å².